The smallest absolute Gasteiger partial charge is 0.256 e. The van der Waals surface area contributed by atoms with E-state index in [1.165, 1.54) is 6.42 Å². The summed E-state index contributed by atoms with van der Waals surface area (Å²) in [6, 6.07) is 7.61. The number of hydrogen-bond acceptors (Lipinski definition) is 4. The van der Waals surface area contributed by atoms with Gasteiger partial charge in [-0.15, -0.1) is 0 Å². The van der Waals surface area contributed by atoms with Crippen LogP contribution < -0.4 is 10.1 Å². The average Bonchev–Trinajstić information content (AvgIpc) is 2.69. The second kappa shape index (κ2) is 10.5. The first kappa shape index (κ1) is 20.7. The Morgan fingerprint density at radius 1 is 1.12 bits per heavy atom. The van der Waals surface area contributed by atoms with E-state index in [0.717, 1.165) is 63.2 Å². The van der Waals surface area contributed by atoms with Crippen LogP contribution in [0, 0.1) is 0 Å². The Morgan fingerprint density at radius 3 is 2.35 bits per heavy atom. The van der Waals surface area contributed by atoms with Gasteiger partial charge in [0.25, 0.3) is 5.91 Å². The largest absolute Gasteiger partial charge is 0.494 e. The number of nitrogens with one attached hydrogen (secondary N) is 1. The van der Waals surface area contributed by atoms with Gasteiger partial charge in [-0.3, -0.25) is 4.79 Å². The van der Waals surface area contributed by atoms with Gasteiger partial charge in [0.15, 0.2) is 0 Å². The summed E-state index contributed by atoms with van der Waals surface area (Å²) in [6.45, 7) is 8.27. The number of rotatable bonds is 10. The van der Waals surface area contributed by atoms with Crippen molar-refractivity contribution in [3.05, 3.63) is 24.3 Å². The molecule has 5 nitrogen and oxygen atoms in total. The van der Waals surface area contributed by atoms with Gasteiger partial charge < -0.3 is 19.7 Å². The number of ether oxygens (including phenoxy) is 2. The molecule has 1 aromatic carbocycles. The molecule has 0 radical (unpaired) electrons. The summed E-state index contributed by atoms with van der Waals surface area (Å²) in [4.78, 5) is 15.1. The molecule has 0 heterocycles. The molecule has 1 fully saturated rings. The summed E-state index contributed by atoms with van der Waals surface area (Å²) >= 11 is 0. The van der Waals surface area contributed by atoms with Crippen LogP contribution in [0.15, 0.2) is 24.3 Å². The van der Waals surface area contributed by atoms with Gasteiger partial charge in [-0.2, -0.15) is 0 Å². The van der Waals surface area contributed by atoms with Gasteiger partial charge >= 0.3 is 0 Å². The summed E-state index contributed by atoms with van der Waals surface area (Å²) in [5, 5.41) is 3.00. The van der Waals surface area contributed by atoms with Crippen LogP contribution in [-0.4, -0.2) is 49.8 Å². The molecule has 0 spiro atoms. The van der Waals surface area contributed by atoms with E-state index in [-0.39, 0.29) is 5.91 Å². The minimum atomic E-state index is -0.669. The highest BCUT2D eigenvalue weighted by Crippen LogP contribution is 2.32. The molecular formula is C21H34N2O3. The number of hydrogen-bond donors (Lipinski definition) is 1. The molecule has 1 saturated carbocycles. The van der Waals surface area contributed by atoms with E-state index < -0.39 is 5.60 Å². The zero-order chi connectivity index (χ0) is 18.8. The minimum Gasteiger partial charge on any atom is -0.494 e. The van der Waals surface area contributed by atoms with Crippen LogP contribution in [0.1, 0.15) is 52.4 Å². The van der Waals surface area contributed by atoms with Gasteiger partial charge in [0.05, 0.1) is 6.61 Å². The zero-order valence-electron chi connectivity index (χ0n) is 16.6. The Kier molecular flexibility index (Phi) is 8.39. The third-order valence-electron chi connectivity index (χ3n) is 5.36. The van der Waals surface area contributed by atoms with Crippen LogP contribution in [0.3, 0.4) is 0 Å². The number of nitrogens with zero attached hydrogens (tertiary/aromatic N) is 1. The van der Waals surface area contributed by atoms with Gasteiger partial charge in [-0.05, 0) is 56.6 Å². The number of amides is 1. The van der Waals surface area contributed by atoms with E-state index in [1.807, 2.05) is 24.3 Å². The quantitative estimate of drug-likeness (QED) is 0.637. The van der Waals surface area contributed by atoms with Crippen LogP contribution in [0.5, 0.6) is 5.75 Å². The molecule has 146 valence electrons. The Hall–Kier alpha value is -1.59. The van der Waals surface area contributed by atoms with Gasteiger partial charge in [0.2, 0.25) is 0 Å². The van der Waals surface area contributed by atoms with Crippen LogP contribution in [0.4, 0.5) is 5.69 Å². The highest BCUT2D eigenvalue weighted by molar-refractivity contribution is 5.97. The van der Waals surface area contributed by atoms with Gasteiger partial charge in [-0.1, -0.05) is 33.1 Å². The van der Waals surface area contributed by atoms with E-state index in [9.17, 15) is 4.79 Å². The maximum Gasteiger partial charge on any atom is 0.256 e. The average molecular weight is 363 g/mol. The molecule has 1 aliphatic carbocycles. The Bertz CT molecular complexity index is 535. The molecule has 2 rings (SSSR count). The predicted molar refractivity (Wildman–Crippen MR) is 106 cm³/mol. The first-order valence-corrected chi connectivity index (χ1v) is 9.95. The van der Waals surface area contributed by atoms with Crippen molar-refractivity contribution in [3.63, 3.8) is 0 Å². The molecule has 0 bridgehead atoms. The lowest BCUT2D eigenvalue weighted by molar-refractivity contribution is -0.141. The van der Waals surface area contributed by atoms with Crippen molar-refractivity contribution in [2.45, 2.75) is 58.0 Å². The normalized spacial score (nSPS) is 16.5. The highest BCUT2D eigenvalue weighted by Gasteiger charge is 2.39. The van der Waals surface area contributed by atoms with E-state index in [4.69, 9.17) is 9.47 Å². The van der Waals surface area contributed by atoms with Gasteiger partial charge in [0, 0.05) is 19.3 Å². The molecule has 0 atom stereocenters. The molecule has 1 amide bonds. The molecule has 0 aromatic heterocycles. The zero-order valence-corrected chi connectivity index (χ0v) is 16.6. The SMILES string of the molecule is CCN(CC)CCCOc1ccc(NC(=O)C2(OC)CCCCC2)cc1. The second-order valence-corrected chi connectivity index (χ2v) is 6.97. The van der Waals surface area contributed by atoms with Crippen LogP contribution >= 0.6 is 0 Å². The molecule has 0 unspecified atom stereocenters. The van der Waals surface area contributed by atoms with Crippen molar-refractivity contribution in [3.8, 4) is 5.75 Å². The molecule has 1 N–H and O–H groups in total. The van der Waals surface area contributed by atoms with E-state index in [0.29, 0.717) is 6.61 Å². The van der Waals surface area contributed by atoms with Crippen LogP contribution in [0.25, 0.3) is 0 Å². The second-order valence-electron chi connectivity index (χ2n) is 6.97. The van der Waals surface area contributed by atoms with Crippen LogP contribution in [-0.2, 0) is 9.53 Å². The highest BCUT2D eigenvalue weighted by atomic mass is 16.5. The predicted octanol–water partition coefficient (Wildman–Crippen LogP) is 4.09. The minimum absolute atomic E-state index is 0.0346. The number of anilines is 1. The third-order valence-corrected chi connectivity index (χ3v) is 5.36. The molecule has 26 heavy (non-hydrogen) atoms. The summed E-state index contributed by atoms with van der Waals surface area (Å²) in [5.74, 6) is 0.800. The molecule has 5 heteroatoms. The first-order valence-electron chi connectivity index (χ1n) is 9.95. The Balaban J connectivity index is 1.80. The number of carbonyl (C=O) groups is 1. The summed E-state index contributed by atoms with van der Waals surface area (Å²) in [5.41, 5.74) is 0.116. The summed E-state index contributed by atoms with van der Waals surface area (Å²) in [6.07, 6.45) is 5.87. The lowest BCUT2D eigenvalue weighted by Crippen LogP contribution is -2.46. The third kappa shape index (κ3) is 5.71. The first-order chi connectivity index (χ1) is 12.6. The maximum absolute atomic E-state index is 12.7. The molecule has 0 saturated heterocycles. The molecule has 1 aliphatic rings. The monoisotopic (exact) mass is 362 g/mol. The molecule has 0 aliphatic heterocycles. The molecule has 1 aromatic rings. The molecular weight excluding hydrogens is 328 g/mol. The van der Waals surface area contributed by atoms with Gasteiger partial charge in [-0.25, -0.2) is 0 Å². The summed E-state index contributed by atoms with van der Waals surface area (Å²) in [7, 11) is 1.64. The summed E-state index contributed by atoms with van der Waals surface area (Å²) < 4.78 is 11.4. The fraction of sp³-hybridized carbons (Fsp3) is 0.667. The fourth-order valence-electron chi connectivity index (χ4n) is 3.54. The number of methoxy groups -OCH3 is 1. The van der Waals surface area contributed by atoms with Crippen molar-refractivity contribution in [1.82, 2.24) is 4.90 Å². The van der Waals surface area contributed by atoms with Crippen molar-refractivity contribution >= 4 is 11.6 Å². The van der Waals surface area contributed by atoms with Crippen LogP contribution in [0.2, 0.25) is 0 Å². The Morgan fingerprint density at radius 2 is 1.77 bits per heavy atom. The standard InChI is InChI=1S/C21H34N2O3/c1-4-23(5-2)16-9-17-26-19-12-10-18(11-13-19)22-20(24)21(25-3)14-7-6-8-15-21/h10-13H,4-9,14-17H2,1-3H3,(H,22,24). The van der Waals surface area contributed by atoms with Crippen molar-refractivity contribution < 1.29 is 14.3 Å². The van der Waals surface area contributed by atoms with E-state index in [1.54, 1.807) is 7.11 Å². The Labute approximate surface area is 158 Å². The fourth-order valence-corrected chi connectivity index (χ4v) is 3.54. The maximum atomic E-state index is 12.7. The van der Waals surface area contributed by atoms with Crippen molar-refractivity contribution in [1.29, 1.82) is 0 Å². The van der Waals surface area contributed by atoms with Crippen molar-refractivity contribution in [2.24, 2.45) is 0 Å². The van der Waals surface area contributed by atoms with E-state index in [2.05, 4.69) is 24.1 Å². The topological polar surface area (TPSA) is 50.8 Å². The number of benzene rings is 1. The van der Waals surface area contributed by atoms with Crippen molar-refractivity contribution in [2.75, 3.05) is 38.7 Å². The lowest BCUT2D eigenvalue weighted by Gasteiger charge is -2.34. The van der Waals surface area contributed by atoms with E-state index >= 15 is 0 Å². The lowest BCUT2D eigenvalue weighted by atomic mass is 9.84. The van der Waals surface area contributed by atoms with Gasteiger partial charge in [0.1, 0.15) is 11.4 Å². The number of carbonyl (C=O) groups excluding carboxylic acids is 1.